The predicted molar refractivity (Wildman–Crippen MR) is 138 cm³/mol. The van der Waals surface area contributed by atoms with Crippen molar-refractivity contribution in [2.45, 2.75) is 45.8 Å². The molecule has 0 aromatic carbocycles. The third-order valence-electron chi connectivity index (χ3n) is 6.06. The molecule has 1 unspecified atom stereocenters. The predicted octanol–water partition coefficient (Wildman–Crippen LogP) is 1.53. The maximum Gasteiger partial charge on any atom is 0.410 e. The Morgan fingerprint density at radius 1 is 1.06 bits per heavy atom. The van der Waals surface area contributed by atoms with E-state index in [-0.39, 0.29) is 30.1 Å². The van der Waals surface area contributed by atoms with Gasteiger partial charge in [0.25, 0.3) is 0 Å². The van der Waals surface area contributed by atoms with Crippen LogP contribution in [0.5, 0.6) is 0 Å². The van der Waals surface area contributed by atoms with Gasteiger partial charge in [0.1, 0.15) is 5.60 Å². The van der Waals surface area contributed by atoms with E-state index in [9.17, 15) is 4.79 Å². The molecule has 3 aliphatic heterocycles. The van der Waals surface area contributed by atoms with E-state index in [1.165, 1.54) is 6.42 Å². The number of aliphatic imine (C=N–C) groups is 1. The molecule has 10 heteroatoms. The van der Waals surface area contributed by atoms with Gasteiger partial charge in [-0.2, -0.15) is 0 Å². The normalized spacial score (nSPS) is 23.8. The minimum absolute atomic E-state index is 0. The minimum atomic E-state index is -0.442. The van der Waals surface area contributed by atoms with E-state index in [1.54, 1.807) is 0 Å². The monoisotopic (exact) mass is 566 g/mol. The molecule has 3 fully saturated rings. The first-order valence-corrected chi connectivity index (χ1v) is 11.9. The van der Waals surface area contributed by atoms with Crippen molar-refractivity contribution in [3.05, 3.63) is 0 Å². The first-order valence-electron chi connectivity index (χ1n) is 11.9. The summed E-state index contributed by atoms with van der Waals surface area (Å²) in [5, 5.41) is 3.47. The van der Waals surface area contributed by atoms with E-state index in [0.717, 1.165) is 78.1 Å². The van der Waals surface area contributed by atoms with Crippen LogP contribution >= 0.6 is 24.0 Å². The van der Waals surface area contributed by atoms with Crippen molar-refractivity contribution in [3.8, 4) is 0 Å². The van der Waals surface area contributed by atoms with Gasteiger partial charge < -0.3 is 24.6 Å². The van der Waals surface area contributed by atoms with Crippen molar-refractivity contribution in [3.63, 3.8) is 0 Å². The van der Waals surface area contributed by atoms with Crippen LogP contribution < -0.4 is 5.32 Å². The number of carbonyl (C=O) groups excluding carboxylic acids is 1. The number of carbonyl (C=O) groups is 1. The number of rotatable bonds is 5. The average Bonchev–Trinajstić information content (AvgIpc) is 3.23. The Bertz CT molecular complexity index is 601. The maximum atomic E-state index is 12.2. The first-order chi connectivity index (χ1) is 14.9. The smallest absolute Gasteiger partial charge is 0.410 e. The van der Waals surface area contributed by atoms with E-state index in [0.29, 0.717) is 19.1 Å². The van der Waals surface area contributed by atoms with E-state index < -0.39 is 5.60 Å². The Balaban J connectivity index is 0.00000363. The summed E-state index contributed by atoms with van der Waals surface area (Å²) in [6, 6.07) is 0.605. The molecule has 0 bridgehead atoms. The number of ether oxygens (including phenoxy) is 2. The van der Waals surface area contributed by atoms with E-state index in [1.807, 2.05) is 25.7 Å². The number of piperazine rings is 1. The van der Waals surface area contributed by atoms with Crippen LogP contribution in [0.25, 0.3) is 0 Å². The summed E-state index contributed by atoms with van der Waals surface area (Å²) >= 11 is 0. The van der Waals surface area contributed by atoms with Gasteiger partial charge in [0.2, 0.25) is 0 Å². The van der Waals surface area contributed by atoms with Crippen LogP contribution in [0.1, 0.15) is 34.1 Å². The number of likely N-dealkylation sites (tertiary alicyclic amines) is 1. The van der Waals surface area contributed by atoms with Gasteiger partial charge in [-0.3, -0.25) is 14.8 Å². The van der Waals surface area contributed by atoms with Gasteiger partial charge >= 0.3 is 6.09 Å². The standard InChI is InChI=1S/C22H42N6O3.HI/c1-5-23-20(28-8-6-19(18-28)26-14-16-30-17-15-26)24-7-9-25-10-12-27(13-11-25)21(29)31-22(2,3)4;/h19H,5-18H2,1-4H3,(H,23,24);1H. The number of guanidine groups is 1. The van der Waals surface area contributed by atoms with Crippen molar-refractivity contribution in [1.29, 1.82) is 0 Å². The number of nitrogens with zero attached hydrogens (tertiary/aromatic N) is 5. The Hall–Kier alpha value is -0.850. The molecule has 3 aliphatic rings. The van der Waals surface area contributed by atoms with Crippen molar-refractivity contribution in [1.82, 2.24) is 24.9 Å². The van der Waals surface area contributed by atoms with Gasteiger partial charge in [-0.1, -0.05) is 0 Å². The fourth-order valence-corrected chi connectivity index (χ4v) is 4.38. The zero-order chi connectivity index (χ0) is 22.3. The molecule has 1 atom stereocenters. The highest BCUT2D eigenvalue weighted by atomic mass is 127. The highest BCUT2D eigenvalue weighted by Crippen LogP contribution is 2.17. The molecule has 186 valence electrons. The molecule has 0 aliphatic carbocycles. The Morgan fingerprint density at radius 3 is 2.38 bits per heavy atom. The molecule has 0 aromatic heterocycles. The summed E-state index contributed by atoms with van der Waals surface area (Å²) in [6.45, 7) is 19.5. The molecular formula is C22H43IN6O3. The lowest BCUT2D eigenvalue weighted by atomic mass is 10.2. The third kappa shape index (κ3) is 8.49. The summed E-state index contributed by atoms with van der Waals surface area (Å²) in [6.07, 6.45) is 0.986. The lowest BCUT2D eigenvalue weighted by Gasteiger charge is -2.35. The summed E-state index contributed by atoms with van der Waals surface area (Å²) in [5.41, 5.74) is -0.442. The van der Waals surface area contributed by atoms with Crippen LogP contribution in [-0.4, -0.2) is 129 Å². The topological polar surface area (TPSA) is 72.9 Å². The number of halogens is 1. The Morgan fingerprint density at radius 2 is 1.75 bits per heavy atom. The molecule has 32 heavy (non-hydrogen) atoms. The molecule has 0 saturated carbocycles. The second-order valence-corrected chi connectivity index (χ2v) is 9.58. The molecule has 9 nitrogen and oxygen atoms in total. The fraction of sp³-hybridized carbons (Fsp3) is 0.909. The summed E-state index contributed by atoms with van der Waals surface area (Å²) in [4.78, 5) is 26.3. The Labute approximate surface area is 210 Å². The molecule has 0 radical (unpaired) electrons. The average molecular weight is 567 g/mol. The molecular weight excluding hydrogens is 523 g/mol. The first kappa shape index (κ1) is 27.4. The van der Waals surface area contributed by atoms with Crippen molar-refractivity contribution >= 4 is 36.0 Å². The molecule has 3 rings (SSSR count). The van der Waals surface area contributed by atoms with Gasteiger partial charge in [-0.05, 0) is 34.1 Å². The zero-order valence-corrected chi connectivity index (χ0v) is 22.7. The second kappa shape index (κ2) is 13.1. The van der Waals surface area contributed by atoms with Crippen LogP contribution in [0.2, 0.25) is 0 Å². The zero-order valence-electron chi connectivity index (χ0n) is 20.3. The number of nitrogens with one attached hydrogen (secondary N) is 1. The van der Waals surface area contributed by atoms with Crippen LogP contribution in [0.15, 0.2) is 4.99 Å². The van der Waals surface area contributed by atoms with Crippen LogP contribution in [-0.2, 0) is 9.47 Å². The van der Waals surface area contributed by atoms with Crippen molar-refractivity contribution < 1.29 is 14.3 Å². The molecule has 1 amide bonds. The van der Waals surface area contributed by atoms with Gasteiger partial charge in [0, 0.05) is 71.5 Å². The van der Waals surface area contributed by atoms with Gasteiger partial charge in [-0.25, -0.2) is 4.79 Å². The highest BCUT2D eigenvalue weighted by molar-refractivity contribution is 14.0. The molecule has 3 saturated heterocycles. The number of amides is 1. The van der Waals surface area contributed by atoms with Gasteiger partial charge in [0.15, 0.2) is 5.96 Å². The SMILES string of the molecule is CCNC(=NCCN1CCN(C(=O)OC(C)(C)C)CC1)N1CCC(N2CCOCC2)C1.I. The van der Waals surface area contributed by atoms with Crippen molar-refractivity contribution in [2.75, 3.05) is 85.2 Å². The summed E-state index contributed by atoms with van der Waals surface area (Å²) in [7, 11) is 0. The van der Waals surface area contributed by atoms with Gasteiger partial charge in [0.05, 0.1) is 19.8 Å². The number of hydrogen-bond acceptors (Lipinski definition) is 6. The maximum absolute atomic E-state index is 12.2. The minimum Gasteiger partial charge on any atom is -0.444 e. The van der Waals surface area contributed by atoms with Crippen LogP contribution in [0, 0.1) is 0 Å². The van der Waals surface area contributed by atoms with Crippen LogP contribution in [0.3, 0.4) is 0 Å². The third-order valence-corrected chi connectivity index (χ3v) is 6.06. The highest BCUT2D eigenvalue weighted by Gasteiger charge is 2.30. The molecule has 3 heterocycles. The molecule has 1 N–H and O–H groups in total. The fourth-order valence-electron chi connectivity index (χ4n) is 4.38. The molecule has 0 spiro atoms. The number of morpholine rings is 1. The number of hydrogen-bond donors (Lipinski definition) is 1. The van der Waals surface area contributed by atoms with E-state index in [2.05, 4.69) is 26.9 Å². The van der Waals surface area contributed by atoms with Gasteiger partial charge in [-0.15, -0.1) is 24.0 Å². The summed E-state index contributed by atoms with van der Waals surface area (Å²) < 4.78 is 11.0. The Kier molecular flexibility index (Phi) is 11.3. The summed E-state index contributed by atoms with van der Waals surface area (Å²) in [5.74, 6) is 1.03. The van der Waals surface area contributed by atoms with E-state index in [4.69, 9.17) is 14.5 Å². The molecule has 0 aromatic rings. The van der Waals surface area contributed by atoms with E-state index >= 15 is 0 Å². The quantitative estimate of drug-likeness (QED) is 0.308. The van der Waals surface area contributed by atoms with Crippen molar-refractivity contribution in [2.24, 2.45) is 4.99 Å². The van der Waals surface area contributed by atoms with Crippen LogP contribution in [0.4, 0.5) is 4.79 Å². The second-order valence-electron chi connectivity index (χ2n) is 9.58. The lowest BCUT2D eigenvalue weighted by Crippen LogP contribution is -2.50. The largest absolute Gasteiger partial charge is 0.444 e. The lowest BCUT2D eigenvalue weighted by molar-refractivity contribution is 0.0148.